The van der Waals surface area contributed by atoms with Gasteiger partial charge in [-0.1, -0.05) is 24.3 Å². The van der Waals surface area contributed by atoms with Crippen molar-refractivity contribution in [1.82, 2.24) is 10.1 Å². The first-order valence-electron chi connectivity index (χ1n) is 10.6. The molecule has 0 atom stereocenters. The monoisotopic (exact) mass is 428 g/mol. The van der Waals surface area contributed by atoms with Gasteiger partial charge in [-0.2, -0.15) is 10.1 Å². The van der Waals surface area contributed by atoms with Gasteiger partial charge in [-0.05, 0) is 35.4 Å². The second kappa shape index (κ2) is 9.32. The van der Waals surface area contributed by atoms with E-state index in [0.29, 0.717) is 39.1 Å². The Hall–Kier alpha value is -2.52. The summed E-state index contributed by atoms with van der Waals surface area (Å²) >= 11 is 0. The van der Waals surface area contributed by atoms with Crippen molar-refractivity contribution in [3.63, 3.8) is 0 Å². The van der Waals surface area contributed by atoms with Gasteiger partial charge in [0.05, 0.1) is 0 Å². The highest BCUT2D eigenvalue weighted by atomic mass is 19.1. The number of primary amides is 1. The molecule has 2 aromatic carbocycles. The van der Waals surface area contributed by atoms with Gasteiger partial charge in [-0.3, -0.25) is 4.79 Å². The molecule has 31 heavy (non-hydrogen) atoms. The van der Waals surface area contributed by atoms with Crippen molar-refractivity contribution in [2.24, 2.45) is 5.73 Å². The zero-order valence-electron chi connectivity index (χ0n) is 17.8. The number of benzene rings is 2. The summed E-state index contributed by atoms with van der Waals surface area (Å²) in [6.45, 7) is 4.01. The van der Waals surface area contributed by atoms with Gasteiger partial charge in [0.25, 0.3) is 0 Å². The number of likely N-dealkylation sites (N-methyl/N-ethyl adjacent to an activating group) is 1. The van der Waals surface area contributed by atoms with Crippen LogP contribution in [-0.4, -0.2) is 68.0 Å². The predicted molar refractivity (Wildman–Crippen MR) is 116 cm³/mol. The fourth-order valence-corrected chi connectivity index (χ4v) is 4.21. The maximum absolute atomic E-state index is 13.1. The zero-order valence-corrected chi connectivity index (χ0v) is 17.8. The van der Waals surface area contributed by atoms with Gasteiger partial charge in [-0.25, -0.2) is 9.33 Å². The van der Waals surface area contributed by atoms with E-state index in [0.717, 1.165) is 29.9 Å². The Morgan fingerprint density at radius 1 is 1.00 bits per heavy atom. The molecule has 0 unspecified atom stereocenters. The van der Waals surface area contributed by atoms with Crippen LogP contribution in [0.4, 0.5) is 10.1 Å². The van der Waals surface area contributed by atoms with E-state index >= 15 is 0 Å². The van der Waals surface area contributed by atoms with Gasteiger partial charge in [0.1, 0.15) is 11.4 Å². The van der Waals surface area contributed by atoms with Crippen LogP contribution in [0.25, 0.3) is 11.1 Å². The summed E-state index contributed by atoms with van der Waals surface area (Å²) < 4.78 is 18.5. The Kier molecular flexibility index (Phi) is 6.52. The molecule has 2 heterocycles. The first-order valence-corrected chi connectivity index (χ1v) is 10.6. The molecule has 2 aliphatic heterocycles. The fraction of sp³-hybridized carbons (Fsp3) is 0.435. The third-order valence-corrected chi connectivity index (χ3v) is 6.27. The van der Waals surface area contributed by atoms with E-state index in [1.54, 1.807) is 24.2 Å². The number of hydroxylamine groups is 4. The highest BCUT2D eigenvalue weighted by Crippen LogP contribution is 2.28. The van der Waals surface area contributed by atoms with E-state index in [9.17, 15) is 9.18 Å². The number of ether oxygens (including phenoxy) is 1. The predicted octanol–water partition coefficient (Wildman–Crippen LogP) is 2.43. The van der Waals surface area contributed by atoms with Crippen LogP contribution in [0.1, 0.15) is 12.8 Å². The number of amides is 1. The van der Waals surface area contributed by atoms with Gasteiger partial charge in [-0.15, -0.1) is 0 Å². The number of hydrogen-bond acceptors (Lipinski definition) is 6. The topological polar surface area (TPSA) is 71.3 Å². The highest BCUT2D eigenvalue weighted by molar-refractivity contribution is 5.84. The SMILES string of the molecule is CN(ON1CCN(c2ccc(-c3ccc(F)cc3)cc2)CC1)C1(C(N)=O)CCOCC1. The molecular formula is C23H29FN4O3. The lowest BCUT2D eigenvalue weighted by molar-refractivity contribution is -0.349. The smallest absolute Gasteiger partial charge is 0.240 e. The number of nitrogens with two attached hydrogens (primary N) is 1. The summed E-state index contributed by atoms with van der Waals surface area (Å²) in [6.07, 6.45) is 1.05. The summed E-state index contributed by atoms with van der Waals surface area (Å²) in [4.78, 5) is 20.5. The van der Waals surface area contributed by atoms with Crippen LogP contribution in [0.15, 0.2) is 48.5 Å². The van der Waals surface area contributed by atoms with Gasteiger partial charge in [0.15, 0.2) is 0 Å². The lowest BCUT2D eigenvalue weighted by atomic mass is 9.89. The number of hydrogen-bond donors (Lipinski definition) is 1. The lowest BCUT2D eigenvalue weighted by Gasteiger charge is -2.43. The molecule has 2 N–H and O–H groups in total. The minimum Gasteiger partial charge on any atom is -0.381 e. The van der Waals surface area contributed by atoms with Gasteiger partial charge < -0.3 is 15.4 Å². The molecule has 0 spiro atoms. The molecule has 2 saturated heterocycles. The molecule has 1 amide bonds. The normalized spacial score (nSPS) is 19.5. The minimum atomic E-state index is -0.828. The number of piperazine rings is 1. The van der Waals surface area contributed by atoms with Crippen LogP contribution in [-0.2, 0) is 14.5 Å². The quantitative estimate of drug-likeness (QED) is 0.713. The number of carbonyl (C=O) groups excluding carboxylic acids is 1. The van der Waals surface area contributed by atoms with Crippen LogP contribution in [0.3, 0.4) is 0 Å². The van der Waals surface area contributed by atoms with Crippen LogP contribution in [0.2, 0.25) is 0 Å². The Morgan fingerprint density at radius 3 is 2.10 bits per heavy atom. The molecule has 0 radical (unpaired) electrons. The van der Waals surface area contributed by atoms with Crippen molar-refractivity contribution >= 4 is 11.6 Å². The molecule has 4 rings (SSSR count). The first-order chi connectivity index (χ1) is 15.0. The molecule has 2 aromatic rings. The summed E-state index contributed by atoms with van der Waals surface area (Å²) in [5.74, 6) is -0.608. The average molecular weight is 429 g/mol. The number of anilines is 1. The van der Waals surface area contributed by atoms with E-state index in [4.69, 9.17) is 15.4 Å². The van der Waals surface area contributed by atoms with Crippen LogP contribution < -0.4 is 10.6 Å². The highest BCUT2D eigenvalue weighted by Gasteiger charge is 2.44. The van der Waals surface area contributed by atoms with Crippen molar-refractivity contribution in [3.8, 4) is 11.1 Å². The molecule has 7 nitrogen and oxygen atoms in total. The molecule has 0 bridgehead atoms. The molecular weight excluding hydrogens is 399 g/mol. The van der Waals surface area contributed by atoms with Gasteiger partial charge in [0, 0.05) is 65.0 Å². The van der Waals surface area contributed by atoms with Gasteiger partial charge >= 0.3 is 0 Å². The molecule has 0 aliphatic carbocycles. The third kappa shape index (κ3) is 4.72. The number of rotatable bonds is 6. The molecule has 166 valence electrons. The number of nitrogens with zero attached hydrogens (tertiary/aromatic N) is 3. The molecule has 2 fully saturated rings. The van der Waals surface area contributed by atoms with E-state index in [1.807, 2.05) is 5.06 Å². The first kappa shape index (κ1) is 21.7. The second-order valence-corrected chi connectivity index (χ2v) is 8.06. The largest absolute Gasteiger partial charge is 0.381 e. The Morgan fingerprint density at radius 2 is 1.55 bits per heavy atom. The van der Waals surface area contributed by atoms with Crippen molar-refractivity contribution in [3.05, 3.63) is 54.3 Å². The van der Waals surface area contributed by atoms with Crippen molar-refractivity contribution in [2.45, 2.75) is 18.4 Å². The van der Waals surface area contributed by atoms with E-state index in [2.05, 4.69) is 29.2 Å². The maximum Gasteiger partial charge on any atom is 0.240 e. The van der Waals surface area contributed by atoms with E-state index < -0.39 is 5.54 Å². The Bertz CT molecular complexity index is 877. The second-order valence-electron chi connectivity index (χ2n) is 8.06. The van der Waals surface area contributed by atoms with E-state index in [1.165, 1.54) is 12.1 Å². The Labute approximate surface area is 182 Å². The molecule has 0 aromatic heterocycles. The minimum absolute atomic E-state index is 0.232. The van der Waals surface area contributed by atoms with Crippen LogP contribution >= 0.6 is 0 Å². The molecule has 0 saturated carbocycles. The number of halogens is 1. The fourth-order valence-electron chi connectivity index (χ4n) is 4.21. The summed E-state index contributed by atoms with van der Waals surface area (Å²) in [7, 11) is 1.77. The molecule has 2 aliphatic rings. The van der Waals surface area contributed by atoms with E-state index in [-0.39, 0.29) is 11.7 Å². The maximum atomic E-state index is 13.1. The van der Waals surface area contributed by atoms with Crippen molar-refractivity contribution < 1.29 is 18.9 Å². The third-order valence-electron chi connectivity index (χ3n) is 6.27. The Balaban J connectivity index is 1.33. The van der Waals surface area contributed by atoms with Crippen molar-refractivity contribution in [1.29, 1.82) is 0 Å². The van der Waals surface area contributed by atoms with Gasteiger partial charge in [0.2, 0.25) is 5.91 Å². The standard InChI is InChI=1S/C23H29FN4O3/c1-26(23(22(25)29)10-16-30-17-11-23)31-28-14-12-27(13-15-28)21-8-4-19(5-9-21)18-2-6-20(24)7-3-18/h2-9H,10-17H2,1H3,(H2,25,29). The lowest BCUT2D eigenvalue weighted by Crippen LogP contribution is -2.61. The van der Waals surface area contributed by atoms with Crippen LogP contribution in [0, 0.1) is 5.82 Å². The summed E-state index contributed by atoms with van der Waals surface area (Å²) in [6, 6.07) is 14.8. The molecule has 8 heteroatoms. The summed E-state index contributed by atoms with van der Waals surface area (Å²) in [5, 5.41) is 3.49. The average Bonchev–Trinajstić information content (AvgIpc) is 2.80. The summed E-state index contributed by atoms with van der Waals surface area (Å²) in [5.41, 5.74) is 8.06. The zero-order chi connectivity index (χ0) is 21.8. The van der Waals surface area contributed by atoms with Crippen LogP contribution in [0.5, 0.6) is 0 Å². The number of carbonyl (C=O) groups is 1. The van der Waals surface area contributed by atoms with Crippen molar-refractivity contribution in [2.75, 3.05) is 51.3 Å².